The fourth-order valence-electron chi connectivity index (χ4n) is 14.2. The molecule has 0 aliphatic carbocycles. The number of benzene rings is 16. The fraction of sp³-hybridized carbons (Fsp3) is 0.227. The number of rotatable bonds is 37. The maximum Gasteiger partial charge on any atom is 0.330 e. The van der Waals surface area contributed by atoms with Crippen LogP contribution in [0, 0.1) is 5.92 Å². The van der Waals surface area contributed by atoms with Crippen LogP contribution in [0.4, 0.5) is 0 Å². The van der Waals surface area contributed by atoms with E-state index in [0.29, 0.717) is 19.6 Å². The van der Waals surface area contributed by atoms with E-state index in [1.54, 1.807) is 0 Å². The number of esters is 1. The minimum Gasteiger partial charge on any atom is -0.493 e. The molecule has 16 rings (SSSR count). The molecule has 0 atom stereocenters. The highest BCUT2D eigenvalue weighted by atomic mass is 35.5. The molecule has 0 bridgehead atoms. The zero-order valence-corrected chi connectivity index (χ0v) is 85.7. The SMILES string of the molecule is C=CC(=O)CC(COc1ccc2ccccc2c1)COc1ccc2ccccc2c1.C=CC(=O)Cl.C=CC(=O)Cl.C=CC(=O)OC(COc1cccc2ccccc12)COc1cccc2ccccc12.CCN(CC)CC.CCN(CC)CC.ClCCl.ClCCl.OC(COc1ccc2ccccc2c1)COc1ccc2ccccc2c1.OC(COc1cccc2ccccc12)COc1cccc2ccccc12. The van der Waals surface area contributed by atoms with E-state index >= 15 is 0 Å². The van der Waals surface area contributed by atoms with E-state index in [1.165, 1.54) is 66.9 Å². The summed E-state index contributed by atoms with van der Waals surface area (Å²) in [6, 6.07) is 112. The van der Waals surface area contributed by atoms with E-state index in [-0.39, 0.29) is 62.0 Å². The summed E-state index contributed by atoms with van der Waals surface area (Å²) in [5.41, 5.74) is 0. The van der Waals surface area contributed by atoms with Gasteiger partial charge in [0.25, 0.3) is 0 Å². The third-order valence-electron chi connectivity index (χ3n) is 21.6. The lowest BCUT2D eigenvalue weighted by molar-refractivity contribution is -0.146. The van der Waals surface area contributed by atoms with E-state index in [1.807, 2.05) is 303 Å². The summed E-state index contributed by atoms with van der Waals surface area (Å²) in [5.74, 6) is 5.48. The molecule has 142 heavy (non-hydrogen) atoms. The lowest BCUT2D eigenvalue weighted by Gasteiger charge is -2.19. The first-order valence-electron chi connectivity index (χ1n) is 46.7. The van der Waals surface area contributed by atoms with Crippen molar-refractivity contribution >= 4 is 178 Å². The average molecular weight is 2040 g/mol. The molecule has 16 aromatic rings. The van der Waals surface area contributed by atoms with Gasteiger partial charge in [0.15, 0.2) is 11.9 Å². The van der Waals surface area contributed by atoms with Gasteiger partial charge in [0.1, 0.15) is 97.8 Å². The molecule has 0 aromatic heterocycles. The molecule has 0 unspecified atom stereocenters. The van der Waals surface area contributed by atoms with Crippen molar-refractivity contribution in [1.29, 1.82) is 0 Å². The van der Waals surface area contributed by atoms with Crippen LogP contribution in [-0.2, 0) is 23.9 Å². The molecule has 0 heterocycles. The summed E-state index contributed by atoms with van der Waals surface area (Å²) in [5, 5.41) is 37.4. The van der Waals surface area contributed by atoms with Gasteiger partial charge in [-0.25, -0.2) is 4.79 Å². The molecule has 0 saturated carbocycles. The number of hydrogen-bond donors (Lipinski definition) is 2. The predicted octanol–water partition coefficient (Wildman–Crippen LogP) is 28.8. The smallest absolute Gasteiger partial charge is 0.330 e. The number of fused-ring (bicyclic) bond motifs is 8. The Labute approximate surface area is 864 Å². The number of halogens is 6. The molecule has 0 aliphatic heterocycles. The Bertz CT molecular complexity index is 6120. The van der Waals surface area contributed by atoms with E-state index < -0.39 is 34.8 Å². The maximum atomic E-state index is 12.0. The Morgan fingerprint density at radius 3 is 0.732 bits per heavy atom. The third kappa shape index (κ3) is 42.1. The first kappa shape index (κ1) is 116. The van der Waals surface area contributed by atoms with Crippen LogP contribution in [0.2, 0.25) is 0 Å². The van der Waals surface area contributed by atoms with Crippen LogP contribution in [0.5, 0.6) is 46.0 Å². The Morgan fingerprint density at radius 2 is 0.500 bits per heavy atom. The van der Waals surface area contributed by atoms with Crippen molar-refractivity contribution in [3.8, 4) is 46.0 Å². The molecule has 0 fully saturated rings. The van der Waals surface area contributed by atoms with Crippen LogP contribution in [0.15, 0.2) is 390 Å². The number of allylic oxidation sites excluding steroid dienone is 3. The average Bonchev–Trinajstić information content (AvgIpc) is 0.808. The van der Waals surface area contributed by atoms with Crippen LogP contribution in [-0.4, -0.2) is 163 Å². The highest BCUT2D eigenvalue weighted by molar-refractivity contribution is 6.66. The number of aliphatic hydroxyl groups excluding tert-OH is 2. The predicted molar refractivity (Wildman–Crippen MR) is 593 cm³/mol. The first-order valence-corrected chi connectivity index (χ1v) is 49.6. The van der Waals surface area contributed by atoms with Crippen molar-refractivity contribution < 1.29 is 72.0 Å². The molecule has 2 N–H and O–H groups in total. The second kappa shape index (κ2) is 67.4. The number of ether oxygens (including phenoxy) is 9. The van der Waals surface area contributed by atoms with Crippen LogP contribution in [0.3, 0.4) is 0 Å². The van der Waals surface area contributed by atoms with Crippen LogP contribution in [0.1, 0.15) is 48.0 Å². The number of carbonyl (C=O) groups is 4. The van der Waals surface area contributed by atoms with E-state index in [4.69, 9.17) is 112 Å². The van der Waals surface area contributed by atoms with Gasteiger partial charge in [0, 0.05) is 40.0 Å². The minimum absolute atomic E-state index is 0.00998. The standard InChI is InChI=1S/C27H24O3.C26H22O4.2C23H20O3.2C6H15N.2C3H3ClO.2CH2Cl2/c1-2-25(28)15-20(18-29-26-13-11-21-7-3-5-9-23(21)16-26)19-30-27-14-12-22-8-4-6-10-24(22)17-27;1-2-26(27)30-21(17-28-24-15-7-11-19-9-3-5-13-22(19)24)18-29-25-16-8-12-20-10-4-6-14-23(20)25;24-19(15-25-22-13-5-9-17-7-1-3-11-20(17)22)16-26-23-14-6-10-18-8-2-4-12-21(18)23;24-21(15-25-22-11-9-17-5-1-3-7-19(17)13-22)16-26-23-12-10-18-6-2-4-8-20(18)14-23;2*1-4-7(5-2)6-3;2*1-2-3(4)5;2*2-1-3/h2-14,16-17,20H,1,15,18-19H2;2-16,21H,1,17-18H2;1-14,19,24H,15-16H2;1-14,21,24H,15-16H2;2*4-6H2,1-3H3;2*2H,1H2;2*1H2. The number of ketones is 1. The molecular formula is C119H126Cl6N2O15. The first-order chi connectivity index (χ1) is 69.1. The molecule has 0 amide bonds. The Kier molecular flexibility index (Phi) is 55.1. The van der Waals surface area contributed by atoms with Crippen molar-refractivity contribution in [1.82, 2.24) is 9.80 Å². The second-order valence-electron chi connectivity index (χ2n) is 31.2. The Balaban J connectivity index is 0.000000234. The second-order valence-corrected chi connectivity index (χ2v) is 33.6. The van der Waals surface area contributed by atoms with Crippen LogP contribution < -0.4 is 37.9 Å². The summed E-state index contributed by atoms with van der Waals surface area (Å²) in [6.07, 6.45) is 2.92. The number of nitrogens with zero attached hydrogens (tertiary/aromatic N) is 2. The molecule has 16 aromatic carbocycles. The normalized spacial score (nSPS) is 10.4. The summed E-state index contributed by atoms with van der Waals surface area (Å²) in [4.78, 5) is 47.5. The Morgan fingerprint density at radius 1 is 0.282 bits per heavy atom. The minimum atomic E-state index is -0.715. The van der Waals surface area contributed by atoms with Gasteiger partial charge in [0.2, 0.25) is 10.5 Å². The van der Waals surface area contributed by atoms with Gasteiger partial charge < -0.3 is 62.6 Å². The molecular weight excluding hydrogens is 1910 g/mol. The zero-order chi connectivity index (χ0) is 102. The maximum absolute atomic E-state index is 12.0. The van der Waals surface area contributed by atoms with Crippen LogP contribution in [0.25, 0.3) is 86.2 Å². The number of aliphatic hydroxyl groups is 2. The lowest BCUT2D eigenvalue weighted by Crippen LogP contribution is -2.30. The molecule has 23 heteroatoms. The van der Waals surface area contributed by atoms with Crippen molar-refractivity contribution in [3.05, 3.63) is 390 Å². The van der Waals surface area contributed by atoms with Crippen LogP contribution >= 0.6 is 69.6 Å². The number of alkyl halides is 4. The number of hydrogen-bond acceptors (Lipinski definition) is 17. The molecule has 744 valence electrons. The van der Waals surface area contributed by atoms with Crippen molar-refractivity contribution in [2.45, 2.75) is 66.3 Å². The van der Waals surface area contributed by atoms with E-state index in [0.717, 1.165) is 129 Å². The monoisotopic (exact) mass is 2030 g/mol. The highest BCUT2D eigenvalue weighted by Gasteiger charge is 2.20. The molecule has 17 nitrogen and oxygen atoms in total. The summed E-state index contributed by atoms with van der Waals surface area (Å²) in [7, 11) is 0. The molecule has 0 aliphatic rings. The van der Waals surface area contributed by atoms with Gasteiger partial charge in [-0.3, -0.25) is 14.4 Å². The van der Waals surface area contributed by atoms with Crippen molar-refractivity contribution in [2.75, 3.05) is 103 Å². The van der Waals surface area contributed by atoms with Gasteiger partial charge >= 0.3 is 5.97 Å². The van der Waals surface area contributed by atoms with E-state index in [2.05, 4.69) is 114 Å². The van der Waals surface area contributed by atoms with Gasteiger partial charge in [-0.1, -0.05) is 335 Å². The fourth-order valence-corrected chi connectivity index (χ4v) is 14.2. The van der Waals surface area contributed by atoms with Crippen molar-refractivity contribution in [3.63, 3.8) is 0 Å². The van der Waals surface area contributed by atoms with Gasteiger partial charge in [0.05, 0.1) is 23.9 Å². The summed E-state index contributed by atoms with van der Waals surface area (Å²) >= 11 is 28.5. The van der Waals surface area contributed by atoms with Gasteiger partial charge in [-0.2, -0.15) is 0 Å². The van der Waals surface area contributed by atoms with Gasteiger partial charge in [-0.05, 0) is 218 Å². The molecule has 0 spiro atoms. The Hall–Kier alpha value is -13.0. The lowest BCUT2D eigenvalue weighted by atomic mass is 10.0. The molecule has 0 saturated heterocycles. The summed E-state index contributed by atoms with van der Waals surface area (Å²) < 4.78 is 52.6. The summed E-state index contributed by atoms with van der Waals surface area (Å²) in [6.45, 7) is 35.3. The van der Waals surface area contributed by atoms with Gasteiger partial charge in [-0.15, -0.1) is 46.4 Å². The molecule has 0 radical (unpaired) electrons. The largest absolute Gasteiger partial charge is 0.493 e. The zero-order valence-electron chi connectivity index (χ0n) is 81.2. The topological polar surface area (TPSA) is 198 Å². The third-order valence-corrected chi connectivity index (χ3v) is 21.9. The highest BCUT2D eigenvalue weighted by Crippen LogP contribution is 2.32. The van der Waals surface area contributed by atoms with Crippen molar-refractivity contribution in [2.24, 2.45) is 5.92 Å². The van der Waals surface area contributed by atoms with E-state index in [9.17, 15) is 29.4 Å². The quantitative estimate of drug-likeness (QED) is 0.0161. The number of carbonyl (C=O) groups excluding carboxylic acids is 4.